The van der Waals surface area contributed by atoms with E-state index in [1.54, 1.807) is 16.9 Å². The number of aromatic nitrogens is 3. The van der Waals surface area contributed by atoms with Crippen LogP contribution in [-0.2, 0) is 7.05 Å². The Labute approximate surface area is 116 Å². The molecule has 96 valence electrons. The van der Waals surface area contributed by atoms with Crippen LogP contribution in [0.15, 0.2) is 24.5 Å². The first-order valence-electron chi connectivity index (χ1n) is 5.65. The maximum absolute atomic E-state index is 6.20. The van der Waals surface area contributed by atoms with Crippen LogP contribution in [0.4, 0.5) is 0 Å². The van der Waals surface area contributed by atoms with E-state index in [4.69, 9.17) is 23.2 Å². The van der Waals surface area contributed by atoms with Gasteiger partial charge in [0.2, 0.25) is 0 Å². The van der Waals surface area contributed by atoms with Gasteiger partial charge in [-0.1, -0.05) is 30.1 Å². The fraction of sp³-hybridized carbons (Fsp3) is 0.333. The van der Waals surface area contributed by atoms with E-state index in [2.05, 4.69) is 15.4 Å². The molecular formula is C12H14Cl2N4. The van der Waals surface area contributed by atoms with Crippen molar-refractivity contribution in [3.63, 3.8) is 0 Å². The van der Waals surface area contributed by atoms with Gasteiger partial charge in [0.05, 0.1) is 27.5 Å². The lowest BCUT2D eigenvalue weighted by Crippen LogP contribution is -2.24. The molecule has 4 nitrogen and oxygen atoms in total. The first-order chi connectivity index (χ1) is 8.61. The molecule has 0 bridgehead atoms. The van der Waals surface area contributed by atoms with Gasteiger partial charge in [-0.15, -0.1) is 0 Å². The van der Waals surface area contributed by atoms with Crippen LogP contribution in [0.25, 0.3) is 0 Å². The Morgan fingerprint density at radius 2 is 2.22 bits per heavy atom. The molecule has 0 aliphatic heterocycles. The molecule has 2 heterocycles. The van der Waals surface area contributed by atoms with Gasteiger partial charge in [0, 0.05) is 19.4 Å². The highest BCUT2D eigenvalue weighted by Crippen LogP contribution is 2.27. The normalized spacial score (nSPS) is 12.7. The summed E-state index contributed by atoms with van der Waals surface area (Å²) in [5.41, 5.74) is 1.62. The van der Waals surface area contributed by atoms with Gasteiger partial charge in [0.15, 0.2) is 0 Å². The van der Waals surface area contributed by atoms with E-state index in [1.165, 1.54) is 0 Å². The second-order valence-corrected chi connectivity index (χ2v) is 4.77. The predicted octanol–water partition coefficient (Wildman–Crippen LogP) is 2.82. The summed E-state index contributed by atoms with van der Waals surface area (Å²) in [6.45, 7) is 2.82. The summed E-state index contributed by atoms with van der Waals surface area (Å²) >= 11 is 12.1. The predicted molar refractivity (Wildman–Crippen MR) is 73.0 cm³/mol. The Balaban J connectivity index is 2.41. The molecule has 1 N–H and O–H groups in total. The van der Waals surface area contributed by atoms with Gasteiger partial charge in [-0.25, -0.2) is 0 Å². The first-order valence-corrected chi connectivity index (χ1v) is 6.41. The summed E-state index contributed by atoms with van der Waals surface area (Å²) in [7, 11) is 1.88. The molecule has 0 amide bonds. The minimum absolute atomic E-state index is 0.124. The van der Waals surface area contributed by atoms with Gasteiger partial charge in [-0.3, -0.25) is 9.67 Å². The number of nitrogens with one attached hydrogen (secondary N) is 1. The molecule has 0 aliphatic carbocycles. The highest BCUT2D eigenvalue weighted by Gasteiger charge is 2.20. The molecule has 1 atom stereocenters. The van der Waals surface area contributed by atoms with E-state index in [9.17, 15) is 0 Å². The highest BCUT2D eigenvalue weighted by molar-refractivity contribution is 6.34. The molecule has 2 aromatic heterocycles. The van der Waals surface area contributed by atoms with Gasteiger partial charge in [0.1, 0.15) is 0 Å². The molecule has 0 spiro atoms. The summed E-state index contributed by atoms with van der Waals surface area (Å²) in [4.78, 5) is 4.31. The molecule has 0 saturated carbocycles. The largest absolute Gasteiger partial charge is 0.304 e. The van der Waals surface area contributed by atoms with Crippen LogP contribution >= 0.6 is 23.2 Å². The molecular weight excluding hydrogens is 271 g/mol. The third-order valence-corrected chi connectivity index (χ3v) is 3.06. The van der Waals surface area contributed by atoms with Crippen molar-refractivity contribution in [2.24, 2.45) is 7.05 Å². The third-order valence-electron chi connectivity index (χ3n) is 2.55. The SMILES string of the molecule is CCNC(c1ccn(C)n1)c1ncc(Cl)cc1Cl. The molecule has 0 saturated heterocycles. The Bertz CT molecular complexity index is 539. The minimum atomic E-state index is -0.124. The van der Waals surface area contributed by atoms with Crippen LogP contribution in [-0.4, -0.2) is 21.3 Å². The van der Waals surface area contributed by atoms with Gasteiger partial charge in [-0.2, -0.15) is 5.10 Å². The molecule has 2 rings (SSSR count). The summed E-state index contributed by atoms with van der Waals surface area (Å²) in [6.07, 6.45) is 3.49. The van der Waals surface area contributed by atoms with Crippen LogP contribution in [0.1, 0.15) is 24.4 Å². The maximum Gasteiger partial charge on any atom is 0.0958 e. The van der Waals surface area contributed by atoms with E-state index in [-0.39, 0.29) is 6.04 Å². The van der Waals surface area contributed by atoms with Crippen molar-refractivity contribution < 1.29 is 0 Å². The van der Waals surface area contributed by atoms with Gasteiger partial charge in [0.25, 0.3) is 0 Å². The van der Waals surface area contributed by atoms with Crippen molar-refractivity contribution >= 4 is 23.2 Å². The molecule has 6 heteroatoms. The number of rotatable bonds is 4. The van der Waals surface area contributed by atoms with E-state index in [0.29, 0.717) is 10.0 Å². The third kappa shape index (κ3) is 2.83. The molecule has 0 fully saturated rings. The summed E-state index contributed by atoms with van der Waals surface area (Å²) in [6, 6.07) is 3.51. The zero-order chi connectivity index (χ0) is 13.1. The Morgan fingerprint density at radius 3 is 2.78 bits per heavy atom. The highest BCUT2D eigenvalue weighted by atomic mass is 35.5. The second kappa shape index (κ2) is 5.69. The summed E-state index contributed by atoms with van der Waals surface area (Å²) < 4.78 is 1.75. The van der Waals surface area contributed by atoms with Crippen molar-refractivity contribution in [3.8, 4) is 0 Å². The van der Waals surface area contributed by atoms with Crippen molar-refractivity contribution in [1.82, 2.24) is 20.1 Å². The molecule has 0 aliphatic rings. The standard InChI is InChI=1S/C12H14Cl2N4/c1-3-15-12(10-4-5-18(2)17-10)11-9(14)6-8(13)7-16-11/h4-7,12,15H,3H2,1-2H3. The van der Waals surface area contributed by atoms with Crippen molar-refractivity contribution in [2.45, 2.75) is 13.0 Å². The van der Waals surface area contributed by atoms with E-state index in [0.717, 1.165) is 17.9 Å². The van der Waals surface area contributed by atoms with Gasteiger partial charge >= 0.3 is 0 Å². The summed E-state index contributed by atoms with van der Waals surface area (Å²) in [5.74, 6) is 0. The topological polar surface area (TPSA) is 42.7 Å². The number of nitrogens with zero attached hydrogens (tertiary/aromatic N) is 3. The van der Waals surface area contributed by atoms with Gasteiger partial charge in [-0.05, 0) is 18.7 Å². The van der Waals surface area contributed by atoms with Crippen molar-refractivity contribution in [2.75, 3.05) is 6.54 Å². The average molecular weight is 285 g/mol. The Morgan fingerprint density at radius 1 is 1.44 bits per heavy atom. The van der Waals surface area contributed by atoms with Crippen molar-refractivity contribution in [1.29, 1.82) is 0 Å². The maximum atomic E-state index is 6.20. The van der Waals surface area contributed by atoms with Crippen LogP contribution in [0.2, 0.25) is 10.0 Å². The lowest BCUT2D eigenvalue weighted by Gasteiger charge is -2.16. The first kappa shape index (κ1) is 13.3. The Kier molecular flexibility index (Phi) is 4.22. The van der Waals surface area contributed by atoms with Crippen LogP contribution in [0.3, 0.4) is 0 Å². The molecule has 1 unspecified atom stereocenters. The quantitative estimate of drug-likeness (QED) is 0.939. The number of hydrogen-bond acceptors (Lipinski definition) is 3. The van der Waals surface area contributed by atoms with Crippen LogP contribution < -0.4 is 5.32 Å². The molecule has 18 heavy (non-hydrogen) atoms. The fourth-order valence-electron chi connectivity index (χ4n) is 1.77. The zero-order valence-corrected chi connectivity index (χ0v) is 11.7. The lowest BCUT2D eigenvalue weighted by molar-refractivity contribution is 0.587. The van der Waals surface area contributed by atoms with Crippen LogP contribution in [0, 0.1) is 0 Å². The van der Waals surface area contributed by atoms with E-state index < -0.39 is 0 Å². The van der Waals surface area contributed by atoms with Crippen LogP contribution in [0.5, 0.6) is 0 Å². The second-order valence-electron chi connectivity index (χ2n) is 3.93. The summed E-state index contributed by atoms with van der Waals surface area (Å²) in [5, 5.41) is 8.78. The molecule has 2 aromatic rings. The average Bonchev–Trinajstić information content (AvgIpc) is 2.73. The lowest BCUT2D eigenvalue weighted by atomic mass is 10.1. The molecule has 0 radical (unpaired) electrons. The number of halogens is 2. The smallest absolute Gasteiger partial charge is 0.0958 e. The zero-order valence-electron chi connectivity index (χ0n) is 10.2. The molecule has 0 aromatic carbocycles. The van der Waals surface area contributed by atoms with E-state index in [1.807, 2.05) is 26.2 Å². The minimum Gasteiger partial charge on any atom is -0.304 e. The number of pyridine rings is 1. The van der Waals surface area contributed by atoms with Crippen molar-refractivity contribution in [3.05, 3.63) is 46.0 Å². The Hall–Kier alpha value is -1.10. The number of aryl methyl sites for hydroxylation is 1. The van der Waals surface area contributed by atoms with E-state index >= 15 is 0 Å². The van der Waals surface area contributed by atoms with Gasteiger partial charge < -0.3 is 5.32 Å². The fourth-order valence-corrected chi connectivity index (χ4v) is 2.26. The monoisotopic (exact) mass is 284 g/mol. The number of hydrogen-bond donors (Lipinski definition) is 1.